The van der Waals surface area contributed by atoms with Gasteiger partial charge in [0.05, 0.1) is 34.2 Å². The lowest BCUT2D eigenvalue weighted by molar-refractivity contribution is 0.106. The summed E-state index contributed by atoms with van der Waals surface area (Å²) in [5, 5.41) is 14.7. The fourth-order valence-electron chi connectivity index (χ4n) is 6.96. The van der Waals surface area contributed by atoms with Crippen molar-refractivity contribution in [1.29, 1.82) is 0 Å². The van der Waals surface area contributed by atoms with Gasteiger partial charge in [-0.3, -0.25) is 37.5 Å². The first kappa shape index (κ1) is 57.6. The molecule has 0 fully saturated rings. The summed E-state index contributed by atoms with van der Waals surface area (Å²) in [6.07, 6.45) is 0.429. The highest BCUT2D eigenvalue weighted by Crippen LogP contribution is 2.42. The second-order valence-electron chi connectivity index (χ2n) is 15.2. The number of sulfone groups is 1. The number of nitrogens with two attached hydrogens (primary N) is 1. The number of hydrogen-bond acceptors (Lipinski definition) is 26. The van der Waals surface area contributed by atoms with Gasteiger partial charge in [-0.05, 0) is 77.8 Å². The lowest BCUT2D eigenvalue weighted by atomic mass is 9.92. The zero-order valence-electron chi connectivity index (χ0n) is 37.2. The van der Waals surface area contributed by atoms with E-state index in [0.29, 0.717) is 12.1 Å². The predicted octanol–water partition coefficient (Wildman–Crippen LogP) is 3.64. The standard InChI is InChI=1S/C37H29ClN10O22S7/c38-35-42-36(40-18-3-1-4-20(15-18)71(50,51)12-11-70-77(67,68)69)44-37(43-35)41-19-7-10-26(73(55,56)57)24(16-19)46-47-31-27(74(58,59)60)13-17-14-28(75(61,62)63)32(33(49)29(17)30(31)39)48-45-23-9-8-21-22(34(23)76(64,65)66)5-2-6-25(21)72(52,53)54/h1-10,13-16,45H,11-12,39H2,(H,52,53,54)(H,55,56,57)(H,58,59,60)(H,61,62,63)(H,64,65,66)(H,67,68,69)(H2,40,41,42,43,44)/b47-46?,48-32-. The Hall–Kier alpha value is -7.09. The number of nitrogens with one attached hydrogen (secondary N) is 3. The number of anilines is 6. The average molecular weight is 1230 g/mol. The summed E-state index contributed by atoms with van der Waals surface area (Å²) < 4.78 is 236. The van der Waals surface area contributed by atoms with E-state index in [1.807, 2.05) is 5.43 Å². The van der Waals surface area contributed by atoms with Gasteiger partial charge in [-0.2, -0.15) is 70.6 Å². The molecule has 0 spiro atoms. The number of nitrogens with zero attached hydrogens (tertiary/aromatic N) is 6. The molecule has 7 rings (SSSR count). The van der Waals surface area contributed by atoms with Crippen molar-refractivity contribution in [3.63, 3.8) is 0 Å². The van der Waals surface area contributed by atoms with E-state index in [0.717, 1.165) is 60.7 Å². The number of rotatable bonds is 18. The summed E-state index contributed by atoms with van der Waals surface area (Å²) in [7, 11) is -35.9. The van der Waals surface area contributed by atoms with Crippen molar-refractivity contribution in [3.8, 4) is 0 Å². The normalized spacial score (nSPS) is 14.4. The van der Waals surface area contributed by atoms with Gasteiger partial charge in [0.1, 0.15) is 35.9 Å². The fraction of sp³-hybridized carbons (Fsp3) is 0.0541. The minimum atomic E-state index is -5.59. The third kappa shape index (κ3) is 13.2. The van der Waals surface area contributed by atoms with Crippen molar-refractivity contribution in [3.05, 3.63) is 100 Å². The lowest BCUT2D eigenvalue weighted by Crippen LogP contribution is -2.28. The van der Waals surface area contributed by atoms with Crippen molar-refractivity contribution < 1.29 is 95.2 Å². The molecule has 1 aliphatic rings. The van der Waals surface area contributed by atoms with Crippen molar-refractivity contribution in [2.75, 3.05) is 34.2 Å². The zero-order chi connectivity index (χ0) is 57.0. The van der Waals surface area contributed by atoms with Crippen LogP contribution in [0.3, 0.4) is 0 Å². The first-order valence-electron chi connectivity index (χ1n) is 19.9. The molecule has 0 unspecified atom stereocenters. The monoisotopic (exact) mass is 1220 g/mol. The maximum Gasteiger partial charge on any atom is 0.397 e. The number of aromatic nitrogens is 3. The van der Waals surface area contributed by atoms with Crippen LogP contribution >= 0.6 is 11.6 Å². The number of carbonyl (C=O) groups excluding carboxylic acids is 1. The molecule has 1 aromatic heterocycles. The SMILES string of the molecule is Nc1c(N=Nc2cc(Nc3nc(Cl)nc(Nc4cccc(S(=O)(=O)CCOS(=O)(=O)O)c4)n3)ccc2S(=O)(=O)O)c(S(=O)(=O)O)cc2c1C(=O)/C(=N\Nc1ccc3c(S(=O)(=O)O)cccc3c1S(=O)(=O)O)C(S(=O)(=O)O)=C2. The van der Waals surface area contributed by atoms with Crippen LogP contribution in [-0.4, -0.2) is 125 Å². The Labute approximate surface area is 438 Å². The molecule has 0 atom stereocenters. The van der Waals surface area contributed by atoms with Gasteiger partial charge in [0, 0.05) is 22.1 Å². The molecule has 0 saturated heterocycles. The number of fused-ring (bicyclic) bond motifs is 2. The van der Waals surface area contributed by atoms with Crippen LogP contribution < -0.4 is 21.8 Å². The molecular weight excluding hydrogens is 1200 g/mol. The Bertz CT molecular complexity index is 4470. The highest BCUT2D eigenvalue weighted by Gasteiger charge is 2.37. The van der Waals surface area contributed by atoms with E-state index in [-0.39, 0.29) is 22.2 Å². The minimum absolute atomic E-state index is 0.0223. The van der Waals surface area contributed by atoms with Crippen molar-refractivity contribution in [2.24, 2.45) is 15.3 Å². The number of nitrogen functional groups attached to an aromatic ring is 1. The Balaban J connectivity index is 1.27. The van der Waals surface area contributed by atoms with E-state index in [1.54, 1.807) is 0 Å². The number of allylic oxidation sites excluding steroid dienone is 1. The third-order valence-electron chi connectivity index (χ3n) is 10.0. The van der Waals surface area contributed by atoms with Gasteiger partial charge in [0.2, 0.25) is 23.0 Å². The number of ketones is 1. The van der Waals surface area contributed by atoms with Crippen molar-refractivity contribution in [1.82, 2.24) is 15.0 Å². The molecule has 1 aliphatic carbocycles. The van der Waals surface area contributed by atoms with E-state index in [1.165, 1.54) is 12.1 Å². The maximum atomic E-state index is 14.2. The Kier molecular flexibility index (Phi) is 15.5. The summed E-state index contributed by atoms with van der Waals surface area (Å²) >= 11 is 6.10. The van der Waals surface area contributed by atoms with Crippen molar-refractivity contribution in [2.45, 2.75) is 24.5 Å². The highest BCUT2D eigenvalue weighted by atomic mass is 35.5. The van der Waals surface area contributed by atoms with Crippen LogP contribution in [0, 0.1) is 0 Å². The van der Waals surface area contributed by atoms with Crippen LogP contribution in [0.4, 0.5) is 46.0 Å². The molecule has 0 aliphatic heterocycles. The Morgan fingerprint density at radius 3 is 1.82 bits per heavy atom. The van der Waals surface area contributed by atoms with E-state index in [2.05, 4.69) is 45.1 Å². The summed E-state index contributed by atoms with van der Waals surface area (Å²) in [4.78, 5) is 20.0. The molecular formula is C37H29ClN10O22S7. The molecule has 11 N–H and O–H groups in total. The molecule has 0 bridgehead atoms. The van der Waals surface area contributed by atoms with Crippen LogP contribution in [0.25, 0.3) is 16.8 Å². The van der Waals surface area contributed by atoms with Crippen LogP contribution in [0.15, 0.2) is 124 Å². The number of hydrogen-bond donors (Lipinski definition) is 10. The number of hydrazone groups is 1. The van der Waals surface area contributed by atoms with Gasteiger partial charge in [-0.1, -0.05) is 24.3 Å². The topological polar surface area (TPSA) is 525 Å². The summed E-state index contributed by atoms with van der Waals surface area (Å²) in [6.45, 7) is -0.922. The van der Waals surface area contributed by atoms with Crippen molar-refractivity contribution >= 4 is 157 Å². The smallest absolute Gasteiger partial charge is 0.396 e. The molecule has 0 amide bonds. The van der Waals surface area contributed by atoms with Crippen LogP contribution in [0.2, 0.25) is 5.28 Å². The zero-order valence-corrected chi connectivity index (χ0v) is 43.7. The molecule has 0 radical (unpaired) electrons. The third-order valence-corrected chi connectivity index (χ3v) is 16.9. The first-order valence-corrected chi connectivity index (χ1v) is 30.5. The predicted molar refractivity (Wildman–Crippen MR) is 267 cm³/mol. The molecule has 1 heterocycles. The number of carbonyl (C=O) groups is 1. The molecule has 40 heteroatoms. The molecule has 32 nitrogen and oxygen atoms in total. The summed E-state index contributed by atoms with van der Waals surface area (Å²) in [5.74, 6) is -3.25. The minimum Gasteiger partial charge on any atom is -0.396 e. The Morgan fingerprint density at radius 1 is 0.623 bits per heavy atom. The molecule has 6 aromatic rings. The van der Waals surface area contributed by atoms with E-state index < -0.39 is 175 Å². The van der Waals surface area contributed by atoms with Gasteiger partial charge in [-0.15, -0.1) is 10.2 Å². The number of halogens is 1. The van der Waals surface area contributed by atoms with E-state index in [9.17, 15) is 86.5 Å². The number of azo groups is 1. The molecule has 5 aromatic carbocycles. The van der Waals surface area contributed by atoms with Gasteiger partial charge in [0.25, 0.3) is 50.6 Å². The van der Waals surface area contributed by atoms with E-state index >= 15 is 0 Å². The number of Topliss-reactive ketones (excluding diaryl/α,β-unsaturated/α-hetero) is 1. The average Bonchev–Trinajstić information content (AvgIpc) is 3.28. The van der Waals surface area contributed by atoms with Gasteiger partial charge in [-0.25, -0.2) is 12.6 Å². The maximum absolute atomic E-state index is 14.2. The van der Waals surface area contributed by atoms with Gasteiger partial charge in [0.15, 0.2) is 15.5 Å². The van der Waals surface area contributed by atoms with Gasteiger partial charge < -0.3 is 16.4 Å². The molecule has 0 saturated carbocycles. The largest absolute Gasteiger partial charge is 0.397 e. The summed E-state index contributed by atoms with van der Waals surface area (Å²) in [5.41, 5.74) is 1.25. The Morgan fingerprint density at radius 2 is 1.23 bits per heavy atom. The summed E-state index contributed by atoms with van der Waals surface area (Å²) in [6, 6.07) is 12.4. The first-order chi connectivity index (χ1) is 35.4. The second kappa shape index (κ2) is 20.7. The van der Waals surface area contributed by atoms with Crippen LogP contribution in [0.1, 0.15) is 15.9 Å². The quantitative estimate of drug-likeness (QED) is 0.0254. The van der Waals surface area contributed by atoms with Crippen LogP contribution in [0.5, 0.6) is 0 Å². The fourth-order valence-corrected chi connectivity index (χ4v) is 12.1. The van der Waals surface area contributed by atoms with Gasteiger partial charge >= 0.3 is 10.4 Å². The number of benzene rings is 5. The lowest BCUT2D eigenvalue weighted by Gasteiger charge is -2.20. The van der Waals surface area contributed by atoms with E-state index in [4.69, 9.17) is 21.9 Å². The molecule has 77 heavy (non-hydrogen) atoms. The molecule has 408 valence electrons. The second-order valence-corrected chi connectivity index (χ2v) is 25.6. The highest BCUT2D eigenvalue weighted by molar-refractivity contribution is 7.91. The van der Waals surface area contributed by atoms with Crippen LogP contribution in [-0.2, 0) is 75.0 Å².